The SMILES string of the molecule is Cc1ccc(-c2nn(Cc3ccccc3)cc2C(=O)N2CCN([C@@H]3CCS(=O)(=O)C3)CC2)cc1. The Morgan fingerprint density at radius 2 is 1.71 bits per heavy atom. The number of benzene rings is 2. The van der Waals surface area contributed by atoms with Crippen LogP contribution in [0.5, 0.6) is 0 Å². The Morgan fingerprint density at radius 1 is 1.00 bits per heavy atom. The molecule has 0 N–H and O–H groups in total. The van der Waals surface area contributed by atoms with Gasteiger partial charge in [-0.2, -0.15) is 5.10 Å². The van der Waals surface area contributed by atoms with Crippen molar-refractivity contribution in [3.05, 3.63) is 77.5 Å². The summed E-state index contributed by atoms with van der Waals surface area (Å²) in [5, 5.41) is 4.81. The lowest BCUT2D eigenvalue weighted by Crippen LogP contribution is -2.52. The van der Waals surface area contributed by atoms with Crippen molar-refractivity contribution in [3.63, 3.8) is 0 Å². The minimum absolute atomic E-state index is 0.0198. The molecule has 2 aliphatic rings. The maximum absolute atomic E-state index is 13.6. The molecular weight excluding hydrogens is 448 g/mol. The zero-order chi connectivity index (χ0) is 23.7. The summed E-state index contributed by atoms with van der Waals surface area (Å²) in [5.74, 6) is 0.496. The van der Waals surface area contributed by atoms with E-state index in [4.69, 9.17) is 5.10 Å². The van der Waals surface area contributed by atoms with E-state index in [2.05, 4.69) is 17.0 Å². The second kappa shape index (κ2) is 9.35. The molecule has 5 rings (SSSR count). The van der Waals surface area contributed by atoms with Gasteiger partial charge in [-0.15, -0.1) is 0 Å². The van der Waals surface area contributed by atoms with Gasteiger partial charge in [0.15, 0.2) is 9.84 Å². The third kappa shape index (κ3) is 4.93. The molecule has 178 valence electrons. The number of hydrogen-bond donors (Lipinski definition) is 0. The lowest BCUT2D eigenvalue weighted by atomic mass is 10.1. The topological polar surface area (TPSA) is 75.5 Å². The molecule has 0 radical (unpaired) electrons. The van der Waals surface area contributed by atoms with E-state index in [9.17, 15) is 13.2 Å². The van der Waals surface area contributed by atoms with E-state index in [1.165, 1.54) is 0 Å². The van der Waals surface area contributed by atoms with Crippen molar-refractivity contribution in [1.82, 2.24) is 19.6 Å². The summed E-state index contributed by atoms with van der Waals surface area (Å²) in [6.07, 6.45) is 2.56. The second-order valence-electron chi connectivity index (χ2n) is 9.33. The summed E-state index contributed by atoms with van der Waals surface area (Å²) in [7, 11) is -2.91. The van der Waals surface area contributed by atoms with Crippen LogP contribution in [0.4, 0.5) is 0 Å². The molecule has 34 heavy (non-hydrogen) atoms. The first kappa shape index (κ1) is 22.8. The number of rotatable bonds is 5. The molecule has 8 heteroatoms. The average Bonchev–Trinajstić information content (AvgIpc) is 3.43. The molecule has 0 bridgehead atoms. The van der Waals surface area contributed by atoms with Crippen molar-refractivity contribution in [3.8, 4) is 11.3 Å². The molecule has 0 saturated carbocycles. The smallest absolute Gasteiger partial charge is 0.257 e. The standard InChI is InChI=1S/C26H30N4O3S/c1-20-7-9-22(10-8-20)25-24(18-30(27-25)17-21-5-3-2-4-6-21)26(31)29-14-12-28(13-15-29)23-11-16-34(32,33)19-23/h2-10,18,23H,11-17,19H2,1H3/t23-/m1/s1. The molecular formula is C26H30N4O3S. The van der Waals surface area contributed by atoms with Crippen molar-refractivity contribution in [2.75, 3.05) is 37.7 Å². The Morgan fingerprint density at radius 3 is 2.35 bits per heavy atom. The van der Waals surface area contributed by atoms with Gasteiger partial charge in [0.05, 0.1) is 23.6 Å². The van der Waals surface area contributed by atoms with Gasteiger partial charge < -0.3 is 4.90 Å². The second-order valence-corrected chi connectivity index (χ2v) is 11.6. The van der Waals surface area contributed by atoms with Crippen LogP contribution in [0.2, 0.25) is 0 Å². The van der Waals surface area contributed by atoms with E-state index < -0.39 is 9.84 Å². The fraction of sp³-hybridized carbons (Fsp3) is 0.385. The van der Waals surface area contributed by atoms with Crippen LogP contribution in [0.15, 0.2) is 60.8 Å². The molecule has 0 spiro atoms. The number of nitrogens with zero attached hydrogens (tertiary/aromatic N) is 4. The third-order valence-corrected chi connectivity index (χ3v) is 8.58. The molecule has 0 aliphatic carbocycles. The zero-order valence-corrected chi connectivity index (χ0v) is 20.2. The van der Waals surface area contributed by atoms with Crippen LogP contribution in [0.25, 0.3) is 11.3 Å². The molecule has 2 saturated heterocycles. The van der Waals surface area contributed by atoms with Gasteiger partial charge in [0.25, 0.3) is 5.91 Å². The molecule has 2 aliphatic heterocycles. The van der Waals surface area contributed by atoms with Crippen LogP contribution in [-0.2, 0) is 16.4 Å². The molecule has 3 aromatic rings. The number of amides is 1. The third-order valence-electron chi connectivity index (χ3n) is 6.83. The Bertz CT molecular complexity index is 1260. The zero-order valence-electron chi connectivity index (χ0n) is 19.4. The molecule has 3 heterocycles. The maximum Gasteiger partial charge on any atom is 0.257 e. The largest absolute Gasteiger partial charge is 0.336 e. The van der Waals surface area contributed by atoms with Crippen LogP contribution in [0.1, 0.15) is 27.9 Å². The molecule has 2 fully saturated rings. The highest BCUT2D eigenvalue weighted by molar-refractivity contribution is 7.91. The van der Waals surface area contributed by atoms with Crippen molar-refractivity contribution >= 4 is 15.7 Å². The summed E-state index contributed by atoms with van der Waals surface area (Å²) >= 11 is 0. The Hall–Kier alpha value is -2.97. The van der Waals surface area contributed by atoms with E-state index in [0.717, 1.165) is 16.7 Å². The Labute approximate surface area is 200 Å². The summed E-state index contributed by atoms with van der Waals surface area (Å²) in [6, 6.07) is 18.3. The predicted octanol–water partition coefficient (Wildman–Crippen LogP) is 2.85. The van der Waals surface area contributed by atoms with Gasteiger partial charge in [-0.3, -0.25) is 14.4 Å². The van der Waals surface area contributed by atoms with Crippen LogP contribution in [0, 0.1) is 6.92 Å². The van der Waals surface area contributed by atoms with Crippen molar-refractivity contribution in [1.29, 1.82) is 0 Å². The molecule has 0 unspecified atom stereocenters. The highest BCUT2D eigenvalue weighted by Gasteiger charge is 2.35. The number of sulfone groups is 1. The lowest BCUT2D eigenvalue weighted by molar-refractivity contribution is 0.0588. The van der Waals surface area contributed by atoms with E-state index >= 15 is 0 Å². The fourth-order valence-corrected chi connectivity index (χ4v) is 6.64. The van der Waals surface area contributed by atoms with Crippen LogP contribution >= 0.6 is 0 Å². The highest BCUT2D eigenvalue weighted by atomic mass is 32.2. The van der Waals surface area contributed by atoms with Crippen molar-refractivity contribution < 1.29 is 13.2 Å². The first-order chi connectivity index (χ1) is 16.4. The average molecular weight is 479 g/mol. The number of carbonyl (C=O) groups is 1. The van der Waals surface area contributed by atoms with Gasteiger partial charge in [-0.1, -0.05) is 60.2 Å². The van der Waals surface area contributed by atoms with E-state index in [1.807, 2.05) is 65.2 Å². The van der Waals surface area contributed by atoms with Crippen LogP contribution in [-0.4, -0.2) is 77.6 Å². The van der Waals surface area contributed by atoms with Gasteiger partial charge in [0, 0.05) is 44.0 Å². The summed E-state index contributed by atoms with van der Waals surface area (Å²) < 4.78 is 25.6. The Balaban J connectivity index is 1.36. The van der Waals surface area contributed by atoms with Gasteiger partial charge in [0.2, 0.25) is 0 Å². The number of aromatic nitrogens is 2. The minimum Gasteiger partial charge on any atom is -0.336 e. The quantitative estimate of drug-likeness (QED) is 0.564. The molecule has 1 atom stereocenters. The molecule has 7 nitrogen and oxygen atoms in total. The summed E-state index contributed by atoms with van der Waals surface area (Å²) in [4.78, 5) is 17.7. The van der Waals surface area contributed by atoms with Crippen molar-refractivity contribution in [2.24, 2.45) is 0 Å². The first-order valence-corrected chi connectivity index (χ1v) is 13.6. The molecule has 2 aromatic carbocycles. The number of piperazine rings is 1. The Kier molecular flexibility index (Phi) is 6.27. The predicted molar refractivity (Wildman–Crippen MR) is 132 cm³/mol. The van der Waals surface area contributed by atoms with Crippen LogP contribution < -0.4 is 0 Å². The van der Waals surface area contributed by atoms with Crippen LogP contribution in [0.3, 0.4) is 0 Å². The minimum atomic E-state index is -2.91. The maximum atomic E-state index is 13.6. The van der Waals surface area contributed by atoms with Gasteiger partial charge in [-0.05, 0) is 18.9 Å². The first-order valence-electron chi connectivity index (χ1n) is 11.8. The number of aryl methyl sites for hydroxylation is 1. The van der Waals surface area contributed by atoms with E-state index in [1.54, 1.807) is 0 Å². The number of carbonyl (C=O) groups excluding carboxylic acids is 1. The fourth-order valence-electron chi connectivity index (χ4n) is 4.88. The van der Waals surface area contributed by atoms with Crippen molar-refractivity contribution in [2.45, 2.75) is 25.9 Å². The lowest BCUT2D eigenvalue weighted by Gasteiger charge is -2.37. The monoisotopic (exact) mass is 478 g/mol. The molecule has 1 amide bonds. The summed E-state index contributed by atoms with van der Waals surface area (Å²) in [5.41, 5.74) is 4.52. The highest BCUT2D eigenvalue weighted by Crippen LogP contribution is 2.26. The van der Waals surface area contributed by atoms with E-state index in [0.29, 0.717) is 50.4 Å². The summed E-state index contributed by atoms with van der Waals surface area (Å²) in [6.45, 7) is 5.21. The normalized spacial score (nSPS) is 20.5. The van der Waals surface area contributed by atoms with Gasteiger partial charge in [0.1, 0.15) is 5.69 Å². The van der Waals surface area contributed by atoms with Gasteiger partial charge >= 0.3 is 0 Å². The number of hydrogen-bond acceptors (Lipinski definition) is 5. The molecule has 1 aromatic heterocycles. The van der Waals surface area contributed by atoms with E-state index in [-0.39, 0.29) is 23.5 Å². The van der Waals surface area contributed by atoms with Gasteiger partial charge in [-0.25, -0.2) is 8.42 Å².